The predicted molar refractivity (Wildman–Crippen MR) is 143 cm³/mol. The van der Waals surface area contributed by atoms with Crippen LogP contribution in [0.3, 0.4) is 0 Å². The summed E-state index contributed by atoms with van der Waals surface area (Å²) in [5.41, 5.74) is 4.17. The van der Waals surface area contributed by atoms with Crippen molar-refractivity contribution in [3.05, 3.63) is 64.8 Å². The van der Waals surface area contributed by atoms with Gasteiger partial charge in [0.15, 0.2) is 0 Å². The number of methoxy groups -OCH3 is 1. The molecule has 2 amide bonds. The topological polar surface area (TPSA) is 133 Å². The van der Waals surface area contributed by atoms with Crippen LogP contribution in [0.4, 0.5) is 5.69 Å². The van der Waals surface area contributed by atoms with Crippen molar-refractivity contribution in [2.45, 2.75) is 51.0 Å². The third-order valence-electron chi connectivity index (χ3n) is 6.87. The minimum atomic E-state index is -0.879. The van der Waals surface area contributed by atoms with Crippen LogP contribution < -0.4 is 10.6 Å². The van der Waals surface area contributed by atoms with Crippen LogP contribution in [0.2, 0.25) is 0 Å². The third-order valence-corrected chi connectivity index (χ3v) is 6.87. The zero-order valence-electron chi connectivity index (χ0n) is 21.6. The van der Waals surface area contributed by atoms with E-state index >= 15 is 0 Å². The first-order valence-electron chi connectivity index (χ1n) is 12.8. The Balaban J connectivity index is 1.61. The number of aromatic nitrogens is 1. The van der Waals surface area contributed by atoms with E-state index in [0.717, 1.165) is 29.3 Å². The molecule has 1 aromatic heterocycles. The monoisotopic (exact) mass is 516 g/mol. The highest BCUT2D eigenvalue weighted by molar-refractivity contribution is 6.00. The lowest BCUT2D eigenvalue weighted by Crippen LogP contribution is -2.27. The smallest absolute Gasteiger partial charge is 0.303 e. The molecule has 1 unspecified atom stereocenters. The van der Waals surface area contributed by atoms with Gasteiger partial charge >= 0.3 is 5.97 Å². The van der Waals surface area contributed by atoms with E-state index in [2.05, 4.69) is 16.7 Å². The van der Waals surface area contributed by atoms with E-state index in [9.17, 15) is 19.6 Å². The number of carbonyl (C=O) groups is 3. The maximum Gasteiger partial charge on any atom is 0.303 e. The van der Waals surface area contributed by atoms with Crippen molar-refractivity contribution in [2.75, 3.05) is 25.6 Å². The number of amides is 2. The van der Waals surface area contributed by atoms with Gasteiger partial charge in [0, 0.05) is 48.4 Å². The van der Waals surface area contributed by atoms with Gasteiger partial charge in [-0.1, -0.05) is 12.1 Å². The highest BCUT2D eigenvalue weighted by Gasteiger charge is 2.29. The number of anilines is 1. The summed E-state index contributed by atoms with van der Waals surface area (Å²) in [5, 5.41) is 25.2. The van der Waals surface area contributed by atoms with Crippen LogP contribution in [-0.2, 0) is 20.7 Å². The number of nitriles is 1. The van der Waals surface area contributed by atoms with Crippen molar-refractivity contribution in [3.63, 3.8) is 0 Å². The number of nitrogens with zero attached hydrogens (tertiary/aromatic N) is 2. The van der Waals surface area contributed by atoms with E-state index < -0.39 is 12.0 Å². The van der Waals surface area contributed by atoms with Gasteiger partial charge in [-0.05, 0) is 73.9 Å². The molecule has 38 heavy (non-hydrogen) atoms. The molecule has 9 nitrogen and oxygen atoms in total. The first kappa shape index (κ1) is 26.9. The number of carbonyl (C=O) groups excluding carboxylic acids is 2. The number of aryl methyl sites for hydroxylation is 1. The Kier molecular flexibility index (Phi) is 8.44. The molecule has 4 rings (SSSR count). The zero-order chi connectivity index (χ0) is 27.2. The number of nitrogens with one attached hydrogen (secondary N) is 2. The van der Waals surface area contributed by atoms with Crippen LogP contribution in [0.1, 0.15) is 71.6 Å². The Labute approximate surface area is 221 Å². The molecule has 0 aliphatic heterocycles. The van der Waals surface area contributed by atoms with Gasteiger partial charge in [0.25, 0.3) is 5.91 Å². The van der Waals surface area contributed by atoms with Gasteiger partial charge < -0.3 is 25.0 Å². The quantitative estimate of drug-likeness (QED) is 0.306. The molecule has 2 aromatic carbocycles. The van der Waals surface area contributed by atoms with Crippen molar-refractivity contribution in [3.8, 4) is 6.07 Å². The molecule has 1 aliphatic rings. The Morgan fingerprint density at radius 2 is 2.00 bits per heavy atom. The van der Waals surface area contributed by atoms with Gasteiger partial charge in [-0.3, -0.25) is 14.4 Å². The SMILES string of the molecule is COCCNC(=O)c1ccc2c(C3CC3)cn(C(C)C(=O)Nc3cc(C#N)ccc3CCCC(=O)O)c2c1. The van der Waals surface area contributed by atoms with Crippen LogP contribution in [0, 0.1) is 11.3 Å². The lowest BCUT2D eigenvalue weighted by Gasteiger charge is -2.18. The van der Waals surface area contributed by atoms with E-state index in [0.29, 0.717) is 48.7 Å². The lowest BCUT2D eigenvalue weighted by atomic mass is 10.0. The standard InChI is InChI=1S/C29H32N4O5/c1-18(28(36)32-25-14-19(16-30)6-7-21(25)4-3-5-27(34)35)33-17-24(20-8-9-20)23-11-10-22(15-26(23)33)29(37)31-12-13-38-2/h6-7,10-11,14-15,17-18,20H,3-5,8-9,12-13H2,1-2H3,(H,31,37)(H,32,36)(H,34,35). The van der Waals surface area contributed by atoms with Crippen LogP contribution >= 0.6 is 0 Å². The third kappa shape index (κ3) is 6.21. The van der Waals surface area contributed by atoms with Crippen molar-refractivity contribution in [1.82, 2.24) is 9.88 Å². The molecule has 0 spiro atoms. The molecule has 1 heterocycles. The molecule has 9 heteroatoms. The van der Waals surface area contributed by atoms with E-state index in [1.54, 1.807) is 32.2 Å². The van der Waals surface area contributed by atoms with Crippen LogP contribution in [0.15, 0.2) is 42.6 Å². The molecule has 1 fully saturated rings. The van der Waals surface area contributed by atoms with Crippen molar-refractivity contribution in [1.29, 1.82) is 5.26 Å². The highest BCUT2D eigenvalue weighted by atomic mass is 16.5. The van der Waals surface area contributed by atoms with Gasteiger partial charge in [0.1, 0.15) is 6.04 Å². The molecule has 3 aromatic rings. The van der Waals surface area contributed by atoms with Gasteiger partial charge in [-0.2, -0.15) is 5.26 Å². The minimum Gasteiger partial charge on any atom is -0.481 e. The molecular formula is C29H32N4O5. The van der Waals surface area contributed by atoms with Gasteiger partial charge in [-0.15, -0.1) is 0 Å². The summed E-state index contributed by atoms with van der Waals surface area (Å²) in [5.74, 6) is -0.908. The predicted octanol–water partition coefficient (Wildman–Crippen LogP) is 4.37. The fourth-order valence-electron chi connectivity index (χ4n) is 4.60. The Bertz CT molecular complexity index is 1400. The molecular weight excluding hydrogens is 484 g/mol. The van der Waals surface area contributed by atoms with E-state index in [1.807, 2.05) is 29.0 Å². The molecule has 1 atom stereocenters. The Morgan fingerprint density at radius 3 is 2.68 bits per heavy atom. The average molecular weight is 517 g/mol. The fourth-order valence-corrected chi connectivity index (χ4v) is 4.60. The number of ether oxygens (including phenoxy) is 1. The zero-order valence-corrected chi connectivity index (χ0v) is 21.6. The summed E-state index contributed by atoms with van der Waals surface area (Å²) < 4.78 is 6.91. The summed E-state index contributed by atoms with van der Waals surface area (Å²) in [7, 11) is 1.58. The van der Waals surface area contributed by atoms with Crippen molar-refractivity contribution < 1.29 is 24.2 Å². The maximum atomic E-state index is 13.5. The summed E-state index contributed by atoms with van der Waals surface area (Å²) in [4.78, 5) is 37.1. The number of carboxylic acids is 1. The van der Waals surface area contributed by atoms with Crippen LogP contribution in [-0.4, -0.2) is 47.7 Å². The molecule has 3 N–H and O–H groups in total. The number of hydrogen-bond donors (Lipinski definition) is 3. The number of aliphatic carboxylic acids is 1. The number of fused-ring (bicyclic) bond motifs is 1. The summed E-state index contributed by atoms with van der Waals surface area (Å²) in [6.07, 6.45) is 5.10. The second-order valence-corrected chi connectivity index (χ2v) is 9.64. The highest BCUT2D eigenvalue weighted by Crippen LogP contribution is 2.44. The first-order chi connectivity index (χ1) is 18.3. The summed E-state index contributed by atoms with van der Waals surface area (Å²) in [6.45, 7) is 2.62. The van der Waals surface area contributed by atoms with Crippen molar-refractivity contribution in [2.24, 2.45) is 0 Å². The van der Waals surface area contributed by atoms with Crippen LogP contribution in [0.5, 0.6) is 0 Å². The summed E-state index contributed by atoms with van der Waals surface area (Å²) >= 11 is 0. The summed E-state index contributed by atoms with van der Waals surface area (Å²) in [6, 6.07) is 12.1. The van der Waals surface area contributed by atoms with E-state index in [1.165, 1.54) is 5.56 Å². The Morgan fingerprint density at radius 1 is 1.21 bits per heavy atom. The molecule has 0 saturated heterocycles. The van der Waals surface area contributed by atoms with E-state index in [4.69, 9.17) is 9.84 Å². The second kappa shape index (κ2) is 11.9. The second-order valence-electron chi connectivity index (χ2n) is 9.64. The Hall–Kier alpha value is -4.16. The number of benzene rings is 2. The largest absolute Gasteiger partial charge is 0.481 e. The normalized spacial score (nSPS) is 13.6. The van der Waals surface area contributed by atoms with Gasteiger partial charge in [-0.25, -0.2) is 0 Å². The average Bonchev–Trinajstić information content (AvgIpc) is 3.68. The molecule has 1 aliphatic carbocycles. The first-order valence-corrected chi connectivity index (χ1v) is 12.8. The number of carboxylic acid groups (broad SMARTS) is 1. The maximum absolute atomic E-state index is 13.5. The minimum absolute atomic E-state index is 0.0183. The molecule has 0 bridgehead atoms. The number of rotatable bonds is 12. The van der Waals surface area contributed by atoms with E-state index in [-0.39, 0.29) is 18.2 Å². The fraction of sp³-hybridized carbons (Fsp3) is 0.379. The molecule has 198 valence electrons. The van der Waals surface area contributed by atoms with Crippen LogP contribution in [0.25, 0.3) is 10.9 Å². The lowest BCUT2D eigenvalue weighted by molar-refractivity contribution is -0.137. The van der Waals surface area contributed by atoms with Gasteiger partial charge in [0.2, 0.25) is 5.91 Å². The molecule has 1 saturated carbocycles. The molecule has 0 radical (unpaired) electrons. The van der Waals surface area contributed by atoms with Crippen molar-refractivity contribution >= 4 is 34.4 Å². The number of hydrogen-bond acceptors (Lipinski definition) is 5. The van der Waals surface area contributed by atoms with Gasteiger partial charge in [0.05, 0.1) is 18.2 Å².